The third kappa shape index (κ3) is 5.21. The number of hydrogen-bond acceptors (Lipinski definition) is 5. The van der Waals surface area contributed by atoms with Crippen molar-refractivity contribution in [1.82, 2.24) is 4.90 Å². The molecule has 0 fully saturated rings. The normalized spacial score (nSPS) is 11.1. The van der Waals surface area contributed by atoms with E-state index in [0.717, 1.165) is 23.5 Å². The number of carbonyl (C=O) groups is 2. The first-order valence-electron chi connectivity index (χ1n) is 8.24. The zero-order valence-electron chi connectivity index (χ0n) is 16.2. The maximum absolute atomic E-state index is 13.0. The van der Waals surface area contributed by atoms with Gasteiger partial charge in [0.2, 0.25) is 0 Å². The van der Waals surface area contributed by atoms with Gasteiger partial charge in [-0.05, 0) is 42.9 Å². The van der Waals surface area contributed by atoms with Gasteiger partial charge in [-0.3, -0.25) is 4.79 Å². The molecule has 0 radical (unpaired) electrons. The van der Waals surface area contributed by atoms with Gasteiger partial charge < -0.3 is 20.3 Å². The van der Waals surface area contributed by atoms with Gasteiger partial charge in [0, 0.05) is 19.8 Å². The Balaban J connectivity index is 2.34. The maximum atomic E-state index is 13.0. The zero-order valence-corrected chi connectivity index (χ0v) is 18.6. The smallest absolute Gasteiger partial charge is 0.417 e. The number of benzene rings is 1. The van der Waals surface area contributed by atoms with Crippen molar-refractivity contribution in [2.75, 3.05) is 31.8 Å². The minimum Gasteiger partial charge on any atom is -0.465 e. The standard InChI is InChI=1S/C18H17ClF3N3O3S2/c1-8-12(16(27)28-4)14(30-13(8)15(26)25(2)3)24-17(29)23-9-5-6-11(19)10(7-9)18(20,21)22/h5-7H,1-4H3,(H2,23,24,29). The van der Waals surface area contributed by atoms with Gasteiger partial charge in [-0.15, -0.1) is 11.3 Å². The number of hydrogen-bond donors (Lipinski definition) is 2. The second-order valence-electron chi connectivity index (χ2n) is 6.22. The predicted molar refractivity (Wildman–Crippen MR) is 115 cm³/mol. The quantitative estimate of drug-likeness (QED) is 0.473. The molecule has 0 saturated carbocycles. The molecule has 6 nitrogen and oxygen atoms in total. The molecule has 30 heavy (non-hydrogen) atoms. The first kappa shape index (κ1) is 23.9. The molecule has 0 bridgehead atoms. The van der Waals surface area contributed by atoms with Gasteiger partial charge in [0.25, 0.3) is 5.91 Å². The maximum Gasteiger partial charge on any atom is 0.417 e. The summed E-state index contributed by atoms with van der Waals surface area (Å²) in [7, 11) is 4.33. The van der Waals surface area contributed by atoms with Crippen molar-refractivity contribution in [2.24, 2.45) is 0 Å². The number of nitrogens with zero attached hydrogens (tertiary/aromatic N) is 1. The number of alkyl halides is 3. The summed E-state index contributed by atoms with van der Waals surface area (Å²) < 4.78 is 43.9. The van der Waals surface area contributed by atoms with E-state index < -0.39 is 22.7 Å². The van der Waals surface area contributed by atoms with Crippen LogP contribution in [0.4, 0.5) is 23.9 Å². The van der Waals surface area contributed by atoms with Gasteiger partial charge in [-0.25, -0.2) is 4.79 Å². The molecule has 0 atom stereocenters. The minimum absolute atomic E-state index is 0.0433. The number of thiophene rings is 1. The molecule has 0 saturated heterocycles. The highest BCUT2D eigenvalue weighted by atomic mass is 35.5. The summed E-state index contributed by atoms with van der Waals surface area (Å²) in [6, 6.07) is 3.24. The van der Waals surface area contributed by atoms with E-state index in [1.165, 1.54) is 18.1 Å². The Labute approximate surface area is 185 Å². The van der Waals surface area contributed by atoms with Crippen molar-refractivity contribution in [3.63, 3.8) is 0 Å². The molecule has 0 aliphatic rings. The van der Waals surface area contributed by atoms with E-state index in [1.807, 2.05) is 0 Å². The van der Waals surface area contributed by atoms with Crippen molar-refractivity contribution in [3.05, 3.63) is 44.8 Å². The predicted octanol–water partition coefficient (Wildman–Crippen LogP) is 5.03. The van der Waals surface area contributed by atoms with Crippen LogP contribution in [0.15, 0.2) is 18.2 Å². The SMILES string of the molecule is COC(=O)c1c(NC(=S)Nc2ccc(Cl)c(C(F)(F)F)c2)sc(C(=O)N(C)C)c1C. The molecule has 0 unspecified atom stereocenters. The number of carbonyl (C=O) groups excluding carboxylic acids is 2. The van der Waals surface area contributed by atoms with Crippen LogP contribution < -0.4 is 10.6 Å². The minimum atomic E-state index is -4.63. The number of amides is 1. The fraction of sp³-hybridized carbons (Fsp3) is 0.278. The van der Waals surface area contributed by atoms with Gasteiger partial charge in [-0.2, -0.15) is 13.2 Å². The van der Waals surface area contributed by atoms with E-state index in [2.05, 4.69) is 10.6 Å². The molecule has 1 amide bonds. The van der Waals surface area contributed by atoms with Crippen LogP contribution >= 0.6 is 35.2 Å². The van der Waals surface area contributed by atoms with Crippen molar-refractivity contribution in [2.45, 2.75) is 13.1 Å². The Kier molecular flexibility index (Phi) is 7.32. The lowest BCUT2D eigenvalue weighted by Gasteiger charge is -2.14. The molecule has 162 valence electrons. The average molecular weight is 480 g/mol. The second kappa shape index (κ2) is 9.19. The summed E-state index contributed by atoms with van der Waals surface area (Å²) in [5, 5.41) is 5.07. The van der Waals surface area contributed by atoms with E-state index >= 15 is 0 Å². The molecule has 1 heterocycles. The van der Waals surface area contributed by atoms with Crippen LogP contribution in [0.5, 0.6) is 0 Å². The van der Waals surface area contributed by atoms with Gasteiger partial charge in [0.1, 0.15) is 5.00 Å². The Morgan fingerprint density at radius 1 is 1.23 bits per heavy atom. The number of nitrogens with one attached hydrogen (secondary N) is 2. The van der Waals surface area contributed by atoms with E-state index in [1.54, 1.807) is 21.0 Å². The first-order chi connectivity index (χ1) is 13.9. The third-order valence-corrected chi connectivity index (χ3v) is 5.62. The fourth-order valence-electron chi connectivity index (χ4n) is 2.44. The highest BCUT2D eigenvalue weighted by Gasteiger charge is 2.33. The summed E-state index contributed by atoms with van der Waals surface area (Å²) in [5.74, 6) is -1.00. The van der Waals surface area contributed by atoms with Gasteiger partial charge in [0.05, 0.1) is 28.1 Å². The molecule has 0 aliphatic carbocycles. The fourth-order valence-corrected chi connectivity index (χ4v) is 4.17. The van der Waals surface area contributed by atoms with Crippen LogP contribution in [0.2, 0.25) is 5.02 Å². The highest BCUT2D eigenvalue weighted by molar-refractivity contribution is 7.80. The molecular weight excluding hydrogens is 463 g/mol. The molecule has 1 aromatic heterocycles. The topological polar surface area (TPSA) is 70.7 Å². The van der Waals surface area contributed by atoms with Crippen LogP contribution in [0.25, 0.3) is 0 Å². The van der Waals surface area contributed by atoms with Crippen LogP contribution in [-0.2, 0) is 10.9 Å². The Morgan fingerprint density at radius 2 is 1.87 bits per heavy atom. The monoisotopic (exact) mass is 479 g/mol. The summed E-state index contributed by atoms with van der Waals surface area (Å²) in [4.78, 5) is 26.2. The summed E-state index contributed by atoms with van der Waals surface area (Å²) >= 11 is 11.8. The first-order valence-corrected chi connectivity index (χ1v) is 9.85. The van der Waals surface area contributed by atoms with Crippen LogP contribution in [0.3, 0.4) is 0 Å². The molecule has 12 heteroatoms. The van der Waals surface area contributed by atoms with E-state index in [0.29, 0.717) is 10.4 Å². The van der Waals surface area contributed by atoms with Gasteiger partial charge in [0.15, 0.2) is 5.11 Å². The highest BCUT2D eigenvalue weighted by Crippen LogP contribution is 2.37. The average Bonchev–Trinajstić information content (AvgIpc) is 2.96. The lowest BCUT2D eigenvalue weighted by Crippen LogP contribution is -2.21. The van der Waals surface area contributed by atoms with Crippen molar-refractivity contribution in [1.29, 1.82) is 0 Å². The van der Waals surface area contributed by atoms with E-state index in [4.69, 9.17) is 28.6 Å². The summed E-state index contributed by atoms with van der Waals surface area (Å²) in [6.07, 6.45) is -4.63. The zero-order chi connectivity index (χ0) is 22.8. The summed E-state index contributed by atoms with van der Waals surface area (Å²) in [5.41, 5.74) is -0.453. The molecule has 2 N–H and O–H groups in total. The number of thiocarbonyl (C=S) groups is 1. The van der Waals surface area contributed by atoms with Crippen molar-refractivity contribution >= 4 is 62.8 Å². The molecular formula is C18H17ClF3N3O3S2. The Bertz CT molecular complexity index is 1010. The molecule has 1 aromatic carbocycles. The summed E-state index contributed by atoms with van der Waals surface area (Å²) in [6.45, 7) is 1.59. The van der Waals surface area contributed by atoms with Crippen molar-refractivity contribution < 1.29 is 27.5 Å². The van der Waals surface area contributed by atoms with Gasteiger partial charge in [-0.1, -0.05) is 11.6 Å². The van der Waals surface area contributed by atoms with E-state index in [-0.39, 0.29) is 27.3 Å². The third-order valence-electron chi connectivity index (χ3n) is 3.89. The number of rotatable bonds is 4. The molecule has 2 rings (SSSR count). The molecule has 0 spiro atoms. The number of anilines is 2. The van der Waals surface area contributed by atoms with Gasteiger partial charge >= 0.3 is 12.1 Å². The Morgan fingerprint density at radius 3 is 2.40 bits per heavy atom. The largest absolute Gasteiger partial charge is 0.465 e. The lowest BCUT2D eigenvalue weighted by molar-refractivity contribution is -0.137. The van der Waals surface area contributed by atoms with E-state index in [9.17, 15) is 22.8 Å². The molecule has 2 aromatic rings. The number of halogens is 4. The molecule has 0 aliphatic heterocycles. The van der Waals surface area contributed by atoms with Crippen LogP contribution in [-0.4, -0.2) is 43.1 Å². The van der Waals surface area contributed by atoms with Crippen molar-refractivity contribution in [3.8, 4) is 0 Å². The number of ether oxygens (including phenoxy) is 1. The van der Waals surface area contributed by atoms with Crippen LogP contribution in [0.1, 0.15) is 31.2 Å². The number of methoxy groups -OCH3 is 1. The van der Waals surface area contributed by atoms with Crippen LogP contribution in [0, 0.1) is 6.92 Å². The number of esters is 1. The lowest BCUT2D eigenvalue weighted by atomic mass is 10.1. The Hall–Kier alpha value is -2.37. The second-order valence-corrected chi connectivity index (χ2v) is 8.06.